The van der Waals surface area contributed by atoms with E-state index in [1.54, 1.807) is 32.5 Å². The molecule has 3 rings (SSSR count). The first-order valence-electron chi connectivity index (χ1n) is 11.1. The minimum absolute atomic E-state index is 0.0800. The zero-order valence-electron chi connectivity index (χ0n) is 19.7. The molecule has 4 N–H and O–H groups in total. The van der Waals surface area contributed by atoms with Crippen LogP contribution in [0.5, 0.6) is 5.75 Å². The molecule has 1 aromatic carbocycles. The Morgan fingerprint density at radius 2 is 1.88 bits per heavy atom. The number of methoxy groups -OCH3 is 1. The lowest BCUT2D eigenvalue weighted by Crippen LogP contribution is -2.18. The minimum atomic E-state index is -0.214. The van der Waals surface area contributed by atoms with E-state index in [2.05, 4.69) is 32.5 Å². The van der Waals surface area contributed by atoms with Crippen LogP contribution in [0, 0.1) is 5.92 Å². The lowest BCUT2D eigenvalue weighted by atomic mass is 9.98. The summed E-state index contributed by atoms with van der Waals surface area (Å²) in [6.45, 7) is 2.51. The molecule has 0 spiro atoms. The second kappa shape index (κ2) is 12.1. The van der Waals surface area contributed by atoms with Crippen molar-refractivity contribution in [3.63, 3.8) is 0 Å². The molecule has 2 heterocycles. The van der Waals surface area contributed by atoms with E-state index in [-0.39, 0.29) is 31.0 Å². The van der Waals surface area contributed by atoms with Gasteiger partial charge < -0.3 is 25.6 Å². The van der Waals surface area contributed by atoms with Crippen LogP contribution in [0.15, 0.2) is 48.9 Å². The third kappa shape index (κ3) is 6.27. The van der Waals surface area contributed by atoms with Gasteiger partial charge in [-0.1, -0.05) is 13.0 Å². The molecule has 180 valence electrons. The summed E-state index contributed by atoms with van der Waals surface area (Å²) in [4.78, 5) is 25.0. The maximum Gasteiger partial charge on any atom is 0.251 e. The van der Waals surface area contributed by atoms with Crippen LogP contribution in [0.25, 0.3) is 11.3 Å². The third-order valence-electron chi connectivity index (χ3n) is 5.64. The Kier molecular flexibility index (Phi) is 8.89. The number of rotatable bonds is 11. The van der Waals surface area contributed by atoms with Crippen molar-refractivity contribution in [3.05, 3.63) is 65.7 Å². The monoisotopic (exact) mass is 465 g/mol. The quantitative estimate of drug-likeness (QED) is 0.339. The lowest BCUT2D eigenvalue weighted by molar-refractivity contribution is 0.0962. The van der Waals surface area contributed by atoms with Crippen molar-refractivity contribution in [1.29, 1.82) is 0 Å². The number of nitrogens with one attached hydrogen (secondary N) is 2. The topological polar surface area (TPSA) is 129 Å². The normalized spacial score (nSPS) is 11.8. The lowest BCUT2D eigenvalue weighted by Gasteiger charge is -2.17. The zero-order valence-corrected chi connectivity index (χ0v) is 19.7. The van der Waals surface area contributed by atoms with Crippen molar-refractivity contribution >= 4 is 11.7 Å². The molecular weight excluding hydrogens is 434 g/mol. The van der Waals surface area contributed by atoms with Crippen LogP contribution in [0.4, 0.5) is 5.82 Å². The van der Waals surface area contributed by atoms with Gasteiger partial charge >= 0.3 is 0 Å². The summed E-state index contributed by atoms with van der Waals surface area (Å²) in [5.41, 5.74) is 3.91. The maximum atomic E-state index is 11.9. The number of aliphatic hydroxyl groups is 2. The predicted octanol–water partition coefficient (Wildman–Crippen LogP) is 2.27. The summed E-state index contributed by atoms with van der Waals surface area (Å²) >= 11 is 0. The standard InChI is InChI=1S/C25H31N5O4/c1-16(21-7-5-18(25(33)26-2)9-23(21)34-3)11-28-24-10-22(29-15-30-24)19-4-6-20(27-12-19)8-17(13-31)14-32/h4-7,9-10,12,15-17,31-32H,8,11,13-14H2,1-3H3,(H,26,33)(H,28,29,30)/t16-/m1/s1. The fraction of sp³-hybridized carbons (Fsp3) is 0.360. The van der Waals surface area contributed by atoms with Crippen LogP contribution in [-0.4, -0.2) is 65.0 Å². The van der Waals surface area contributed by atoms with Crippen LogP contribution in [0.1, 0.15) is 34.5 Å². The highest BCUT2D eigenvalue weighted by atomic mass is 16.5. The Morgan fingerprint density at radius 1 is 1.09 bits per heavy atom. The first-order chi connectivity index (χ1) is 16.5. The van der Waals surface area contributed by atoms with Gasteiger partial charge in [-0.15, -0.1) is 0 Å². The molecule has 0 unspecified atom stereocenters. The van der Waals surface area contributed by atoms with Crippen molar-refractivity contribution in [2.45, 2.75) is 19.3 Å². The summed E-state index contributed by atoms with van der Waals surface area (Å²) in [5.74, 6) is 1.07. The smallest absolute Gasteiger partial charge is 0.251 e. The Hall–Kier alpha value is -3.56. The Morgan fingerprint density at radius 3 is 2.53 bits per heavy atom. The largest absolute Gasteiger partial charge is 0.496 e. The first kappa shape index (κ1) is 25.1. The van der Waals surface area contributed by atoms with E-state index >= 15 is 0 Å². The van der Waals surface area contributed by atoms with Crippen LogP contribution < -0.4 is 15.4 Å². The van der Waals surface area contributed by atoms with Crippen molar-refractivity contribution in [2.75, 3.05) is 39.2 Å². The van der Waals surface area contributed by atoms with Crippen molar-refractivity contribution < 1.29 is 19.7 Å². The maximum absolute atomic E-state index is 11.9. The highest BCUT2D eigenvalue weighted by molar-refractivity contribution is 5.94. The predicted molar refractivity (Wildman–Crippen MR) is 130 cm³/mol. The Bertz CT molecular complexity index is 1090. The van der Waals surface area contributed by atoms with E-state index < -0.39 is 0 Å². The third-order valence-corrected chi connectivity index (χ3v) is 5.64. The summed E-state index contributed by atoms with van der Waals surface area (Å²) < 4.78 is 5.51. The van der Waals surface area contributed by atoms with Gasteiger partial charge in [0.25, 0.3) is 5.91 Å². The van der Waals surface area contributed by atoms with E-state index in [0.29, 0.717) is 30.1 Å². The van der Waals surface area contributed by atoms with Crippen LogP contribution in [0.2, 0.25) is 0 Å². The number of hydrogen-bond acceptors (Lipinski definition) is 8. The molecule has 0 aliphatic heterocycles. The van der Waals surface area contributed by atoms with Gasteiger partial charge in [-0.05, 0) is 36.2 Å². The van der Waals surface area contributed by atoms with Crippen LogP contribution >= 0.6 is 0 Å². The molecule has 0 saturated carbocycles. The van der Waals surface area contributed by atoms with Gasteiger partial charge in [-0.3, -0.25) is 9.78 Å². The summed E-state index contributed by atoms with van der Waals surface area (Å²) in [6.07, 6.45) is 3.74. The molecular formula is C25H31N5O4. The van der Waals surface area contributed by atoms with Gasteiger partial charge in [0.2, 0.25) is 0 Å². The van der Waals surface area contributed by atoms with Crippen LogP contribution in [0.3, 0.4) is 0 Å². The molecule has 0 aliphatic carbocycles. The molecule has 2 aromatic heterocycles. The SMILES string of the molecule is CNC(=O)c1ccc([C@H](C)CNc2cc(-c3ccc(CC(CO)CO)nc3)ncn2)c(OC)c1. The molecule has 0 radical (unpaired) electrons. The van der Waals surface area contributed by atoms with Crippen molar-refractivity contribution in [1.82, 2.24) is 20.3 Å². The van der Waals surface area contributed by atoms with Gasteiger partial charge in [0, 0.05) is 67.7 Å². The molecule has 0 saturated heterocycles. The summed E-state index contributed by atoms with van der Waals surface area (Å²) in [6, 6.07) is 11.1. The van der Waals surface area contributed by atoms with Gasteiger partial charge in [-0.25, -0.2) is 9.97 Å². The molecule has 1 amide bonds. The molecule has 9 heteroatoms. The second-order valence-corrected chi connectivity index (χ2v) is 8.08. The van der Waals surface area contributed by atoms with E-state index in [0.717, 1.165) is 22.5 Å². The number of hydrogen-bond donors (Lipinski definition) is 4. The second-order valence-electron chi connectivity index (χ2n) is 8.08. The van der Waals surface area contributed by atoms with Gasteiger partial charge in [-0.2, -0.15) is 0 Å². The Labute approximate surface area is 199 Å². The van der Waals surface area contributed by atoms with E-state index in [4.69, 9.17) is 4.74 Å². The van der Waals surface area contributed by atoms with E-state index in [9.17, 15) is 15.0 Å². The van der Waals surface area contributed by atoms with Crippen LogP contribution in [-0.2, 0) is 6.42 Å². The van der Waals surface area contributed by atoms with Gasteiger partial charge in [0.15, 0.2) is 0 Å². The molecule has 1 atom stereocenters. The number of nitrogens with zero attached hydrogens (tertiary/aromatic N) is 3. The molecule has 3 aromatic rings. The van der Waals surface area contributed by atoms with Crippen molar-refractivity contribution in [2.24, 2.45) is 5.92 Å². The van der Waals surface area contributed by atoms with E-state index in [1.165, 1.54) is 6.33 Å². The minimum Gasteiger partial charge on any atom is -0.496 e. The Balaban J connectivity index is 1.67. The van der Waals surface area contributed by atoms with E-state index in [1.807, 2.05) is 24.3 Å². The fourth-order valence-corrected chi connectivity index (χ4v) is 3.56. The average molecular weight is 466 g/mol. The number of carbonyl (C=O) groups excluding carboxylic acids is 1. The van der Waals surface area contributed by atoms with Crippen molar-refractivity contribution in [3.8, 4) is 17.0 Å². The average Bonchev–Trinajstić information content (AvgIpc) is 2.90. The number of ether oxygens (including phenoxy) is 1. The molecule has 0 bridgehead atoms. The number of aliphatic hydroxyl groups excluding tert-OH is 2. The molecule has 0 aliphatic rings. The molecule has 34 heavy (non-hydrogen) atoms. The van der Waals surface area contributed by atoms with Gasteiger partial charge in [0.05, 0.1) is 12.8 Å². The highest BCUT2D eigenvalue weighted by Gasteiger charge is 2.15. The molecule has 9 nitrogen and oxygen atoms in total. The van der Waals surface area contributed by atoms with Gasteiger partial charge in [0.1, 0.15) is 17.9 Å². The number of aromatic nitrogens is 3. The number of amides is 1. The first-order valence-corrected chi connectivity index (χ1v) is 11.1. The fourth-order valence-electron chi connectivity index (χ4n) is 3.56. The number of benzene rings is 1. The number of carbonyl (C=O) groups is 1. The number of pyridine rings is 1. The summed E-state index contributed by atoms with van der Waals surface area (Å²) in [7, 11) is 3.19. The number of anilines is 1. The molecule has 0 fully saturated rings. The summed E-state index contributed by atoms with van der Waals surface area (Å²) in [5, 5.41) is 24.5. The highest BCUT2D eigenvalue weighted by Crippen LogP contribution is 2.28. The zero-order chi connectivity index (χ0) is 24.5.